The number of nitrogens with two attached hydrogens (primary N) is 1. The molecule has 1 atom stereocenters. The molecule has 3 N–H and O–H groups in total. The van der Waals surface area contributed by atoms with Crippen LogP contribution in [0.25, 0.3) is 0 Å². The standard InChI is InChI=1S/C10H15NO2Si/c1-14-8-4-2-7(3-5-8)6-9(11)10(12)13/h2-5,9H,6,11,14H2,1H3,(H,12,13)/t9-/m0/s1. The average Bonchev–Trinajstić information content (AvgIpc) is 2.19. The minimum absolute atomic E-state index is 0.115. The van der Waals surface area contributed by atoms with Crippen LogP contribution in [0.5, 0.6) is 0 Å². The molecule has 0 amide bonds. The Labute approximate surface area is 85.8 Å². The van der Waals surface area contributed by atoms with Gasteiger partial charge in [-0.2, -0.15) is 0 Å². The molecule has 0 aromatic heterocycles. The van der Waals surface area contributed by atoms with Crippen LogP contribution in [0.4, 0.5) is 0 Å². The highest BCUT2D eigenvalue weighted by molar-refractivity contribution is 6.51. The van der Waals surface area contributed by atoms with Crippen molar-refractivity contribution in [1.29, 1.82) is 0 Å². The Balaban J connectivity index is 2.64. The molecule has 0 spiro atoms. The van der Waals surface area contributed by atoms with Gasteiger partial charge in [0.1, 0.15) is 6.04 Å². The first-order valence-electron chi connectivity index (χ1n) is 4.69. The number of rotatable bonds is 4. The Morgan fingerprint density at radius 2 is 2.07 bits per heavy atom. The SMILES string of the molecule is C[SiH2]c1ccc(C[C@H](N)C(=O)O)cc1. The van der Waals surface area contributed by atoms with Gasteiger partial charge in [0.25, 0.3) is 0 Å². The molecule has 0 saturated carbocycles. The van der Waals surface area contributed by atoms with Gasteiger partial charge in [0, 0.05) is 0 Å². The molecule has 1 aromatic carbocycles. The summed E-state index contributed by atoms with van der Waals surface area (Å²) in [6.07, 6.45) is 0.404. The minimum atomic E-state index is -0.945. The summed E-state index contributed by atoms with van der Waals surface area (Å²) in [7, 11) is -0.115. The zero-order valence-corrected chi connectivity index (χ0v) is 9.65. The zero-order chi connectivity index (χ0) is 10.6. The molecule has 0 bridgehead atoms. The van der Waals surface area contributed by atoms with Crippen molar-refractivity contribution >= 4 is 20.7 Å². The number of carbonyl (C=O) groups is 1. The van der Waals surface area contributed by atoms with E-state index in [1.54, 1.807) is 0 Å². The van der Waals surface area contributed by atoms with Gasteiger partial charge in [0.05, 0.1) is 9.52 Å². The van der Waals surface area contributed by atoms with Crippen molar-refractivity contribution in [3.63, 3.8) is 0 Å². The third kappa shape index (κ3) is 2.97. The first-order chi connectivity index (χ1) is 6.63. The second-order valence-corrected chi connectivity index (χ2v) is 4.84. The van der Waals surface area contributed by atoms with Gasteiger partial charge in [-0.05, 0) is 12.0 Å². The van der Waals surface area contributed by atoms with Crippen LogP contribution in [0.15, 0.2) is 24.3 Å². The van der Waals surface area contributed by atoms with Gasteiger partial charge in [-0.15, -0.1) is 0 Å². The fourth-order valence-electron chi connectivity index (χ4n) is 1.25. The summed E-state index contributed by atoms with van der Waals surface area (Å²) in [6, 6.07) is 7.27. The highest BCUT2D eigenvalue weighted by atomic mass is 28.2. The van der Waals surface area contributed by atoms with E-state index in [1.807, 2.05) is 12.1 Å². The zero-order valence-electron chi connectivity index (χ0n) is 8.23. The van der Waals surface area contributed by atoms with Crippen molar-refractivity contribution in [2.45, 2.75) is 19.0 Å². The number of aliphatic carboxylic acids is 1. The monoisotopic (exact) mass is 209 g/mol. The van der Waals surface area contributed by atoms with Crippen LogP contribution in [0.2, 0.25) is 6.55 Å². The number of hydrogen-bond acceptors (Lipinski definition) is 2. The fourth-order valence-corrected chi connectivity index (χ4v) is 1.96. The summed E-state index contributed by atoms with van der Waals surface area (Å²) in [6.45, 7) is 2.22. The summed E-state index contributed by atoms with van der Waals surface area (Å²) in [5.41, 5.74) is 6.42. The van der Waals surface area contributed by atoms with Gasteiger partial charge in [0.15, 0.2) is 0 Å². The van der Waals surface area contributed by atoms with Crippen LogP contribution in [-0.2, 0) is 11.2 Å². The van der Waals surface area contributed by atoms with E-state index >= 15 is 0 Å². The van der Waals surface area contributed by atoms with E-state index in [0.717, 1.165) is 5.56 Å². The van der Waals surface area contributed by atoms with E-state index in [0.29, 0.717) is 6.42 Å². The minimum Gasteiger partial charge on any atom is -0.480 e. The van der Waals surface area contributed by atoms with E-state index in [-0.39, 0.29) is 9.52 Å². The van der Waals surface area contributed by atoms with Gasteiger partial charge < -0.3 is 10.8 Å². The van der Waals surface area contributed by atoms with Crippen molar-refractivity contribution in [2.75, 3.05) is 0 Å². The molecule has 0 unspecified atom stereocenters. The molecule has 14 heavy (non-hydrogen) atoms. The molecule has 0 fully saturated rings. The maximum Gasteiger partial charge on any atom is 0.320 e. The van der Waals surface area contributed by atoms with Gasteiger partial charge in [-0.1, -0.05) is 36.0 Å². The molecule has 3 nitrogen and oxygen atoms in total. The molecule has 0 saturated heterocycles. The topological polar surface area (TPSA) is 63.3 Å². The maximum atomic E-state index is 10.5. The van der Waals surface area contributed by atoms with Gasteiger partial charge >= 0.3 is 5.97 Å². The third-order valence-corrected chi connectivity index (χ3v) is 3.49. The van der Waals surface area contributed by atoms with E-state index in [4.69, 9.17) is 10.8 Å². The first-order valence-corrected chi connectivity index (χ1v) is 6.81. The van der Waals surface area contributed by atoms with Crippen LogP contribution >= 0.6 is 0 Å². The van der Waals surface area contributed by atoms with E-state index in [2.05, 4.69) is 18.7 Å². The summed E-state index contributed by atoms with van der Waals surface area (Å²) >= 11 is 0. The summed E-state index contributed by atoms with van der Waals surface area (Å²) in [5, 5.41) is 10.0. The van der Waals surface area contributed by atoms with Crippen LogP contribution in [0, 0.1) is 0 Å². The lowest BCUT2D eigenvalue weighted by Gasteiger charge is -2.06. The molecule has 0 radical (unpaired) electrons. The molecule has 1 aromatic rings. The fraction of sp³-hybridized carbons (Fsp3) is 0.300. The molecule has 0 aliphatic heterocycles. The molecular formula is C10H15NO2Si. The largest absolute Gasteiger partial charge is 0.480 e. The first kappa shape index (κ1) is 10.9. The lowest BCUT2D eigenvalue weighted by molar-refractivity contribution is -0.138. The summed E-state index contributed by atoms with van der Waals surface area (Å²) in [5.74, 6) is -0.945. The lowest BCUT2D eigenvalue weighted by Crippen LogP contribution is -2.32. The Morgan fingerprint density at radius 3 is 2.50 bits per heavy atom. The van der Waals surface area contributed by atoms with E-state index < -0.39 is 12.0 Å². The predicted octanol–water partition coefficient (Wildman–Crippen LogP) is -0.517. The summed E-state index contributed by atoms with van der Waals surface area (Å²) in [4.78, 5) is 10.5. The van der Waals surface area contributed by atoms with E-state index in [1.165, 1.54) is 5.19 Å². The van der Waals surface area contributed by atoms with E-state index in [9.17, 15) is 4.79 Å². The van der Waals surface area contributed by atoms with Crippen LogP contribution in [0.1, 0.15) is 5.56 Å². The predicted molar refractivity (Wildman–Crippen MR) is 59.8 cm³/mol. The second-order valence-electron chi connectivity index (χ2n) is 3.32. The molecule has 0 heterocycles. The second kappa shape index (κ2) is 4.93. The molecule has 1 rings (SSSR count). The van der Waals surface area contributed by atoms with Crippen molar-refractivity contribution in [2.24, 2.45) is 5.73 Å². The number of hydrogen-bond donors (Lipinski definition) is 2. The maximum absolute atomic E-state index is 10.5. The van der Waals surface area contributed by atoms with Gasteiger partial charge in [-0.3, -0.25) is 4.79 Å². The van der Waals surface area contributed by atoms with Crippen molar-refractivity contribution in [3.8, 4) is 0 Å². The van der Waals surface area contributed by atoms with Crippen LogP contribution < -0.4 is 10.9 Å². The molecule has 4 heteroatoms. The van der Waals surface area contributed by atoms with Crippen LogP contribution in [0.3, 0.4) is 0 Å². The Morgan fingerprint density at radius 1 is 1.50 bits per heavy atom. The average molecular weight is 209 g/mol. The third-order valence-electron chi connectivity index (χ3n) is 2.20. The quantitative estimate of drug-likeness (QED) is 0.656. The lowest BCUT2D eigenvalue weighted by atomic mass is 10.1. The summed E-state index contributed by atoms with van der Waals surface area (Å²) < 4.78 is 0. The Kier molecular flexibility index (Phi) is 3.85. The highest BCUT2D eigenvalue weighted by Gasteiger charge is 2.11. The molecular weight excluding hydrogens is 194 g/mol. The van der Waals surface area contributed by atoms with Gasteiger partial charge in [-0.25, -0.2) is 0 Å². The number of carboxylic acid groups (broad SMARTS) is 1. The van der Waals surface area contributed by atoms with Crippen molar-refractivity contribution in [3.05, 3.63) is 29.8 Å². The number of benzene rings is 1. The highest BCUT2D eigenvalue weighted by Crippen LogP contribution is 2.00. The molecule has 76 valence electrons. The van der Waals surface area contributed by atoms with Crippen LogP contribution in [-0.4, -0.2) is 26.6 Å². The van der Waals surface area contributed by atoms with Crippen molar-refractivity contribution in [1.82, 2.24) is 0 Å². The Hall–Kier alpha value is -1.13. The normalized spacial score (nSPS) is 13.3. The van der Waals surface area contributed by atoms with Gasteiger partial charge in [0.2, 0.25) is 0 Å². The van der Waals surface area contributed by atoms with Crippen molar-refractivity contribution < 1.29 is 9.90 Å². The number of carboxylic acids is 1. The molecule has 0 aliphatic carbocycles. The Bertz CT molecular complexity index is 310. The molecule has 0 aliphatic rings. The smallest absolute Gasteiger partial charge is 0.320 e.